The van der Waals surface area contributed by atoms with Gasteiger partial charge in [0.25, 0.3) is 5.91 Å². The minimum absolute atomic E-state index is 0.00144. The zero-order valence-corrected chi connectivity index (χ0v) is 11.0. The Morgan fingerprint density at radius 2 is 2.21 bits per heavy atom. The van der Waals surface area contributed by atoms with E-state index in [-0.39, 0.29) is 11.9 Å². The number of rotatable bonds is 2. The van der Waals surface area contributed by atoms with E-state index in [9.17, 15) is 4.79 Å². The highest BCUT2D eigenvalue weighted by molar-refractivity contribution is 6.06. The molecular weight excluding hydrogens is 240 g/mol. The lowest BCUT2D eigenvalue weighted by Gasteiger charge is -2.29. The fourth-order valence-electron chi connectivity index (χ4n) is 2.58. The molecule has 0 aliphatic carbocycles. The van der Waals surface area contributed by atoms with Crippen molar-refractivity contribution >= 4 is 16.8 Å². The van der Waals surface area contributed by atoms with Crippen molar-refractivity contribution in [3.05, 3.63) is 30.0 Å². The molecule has 1 aromatic carbocycles. The van der Waals surface area contributed by atoms with E-state index < -0.39 is 0 Å². The number of likely N-dealkylation sites (tertiary alicyclic amines) is 1. The van der Waals surface area contributed by atoms with Crippen molar-refractivity contribution in [1.82, 2.24) is 20.4 Å². The molecule has 0 unspecified atom stereocenters. The summed E-state index contributed by atoms with van der Waals surface area (Å²) in [5.41, 5.74) is 1.60. The highest BCUT2D eigenvalue weighted by Crippen LogP contribution is 2.17. The molecular formula is C14H18N4O. The Morgan fingerprint density at radius 1 is 1.42 bits per heavy atom. The molecule has 1 saturated heterocycles. The number of carbonyl (C=O) groups is 1. The summed E-state index contributed by atoms with van der Waals surface area (Å²) in [6, 6.07) is 5.94. The summed E-state index contributed by atoms with van der Waals surface area (Å²) in [4.78, 5) is 14.6. The molecule has 2 N–H and O–H groups in total. The Hall–Kier alpha value is -1.88. The van der Waals surface area contributed by atoms with Crippen LogP contribution in [0.5, 0.6) is 0 Å². The van der Waals surface area contributed by atoms with E-state index >= 15 is 0 Å². The number of fused-ring (bicyclic) bond motifs is 1. The Morgan fingerprint density at radius 3 is 3.00 bits per heavy atom. The van der Waals surface area contributed by atoms with Gasteiger partial charge >= 0.3 is 0 Å². The lowest BCUT2D eigenvalue weighted by atomic mass is 10.0. The van der Waals surface area contributed by atoms with Crippen LogP contribution < -0.4 is 5.32 Å². The Labute approximate surface area is 112 Å². The van der Waals surface area contributed by atoms with Crippen LogP contribution in [0.1, 0.15) is 23.2 Å². The second-order valence-corrected chi connectivity index (χ2v) is 5.19. The predicted molar refractivity (Wildman–Crippen MR) is 74.1 cm³/mol. The third-order valence-electron chi connectivity index (χ3n) is 3.78. The number of carbonyl (C=O) groups excluding carboxylic acids is 1. The van der Waals surface area contributed by atoms with E-state index in [1.807, 2.05) is 18.2 Å². The number of aromatic nitrogens is 2. The monoisotopic (exact) mass is 258 g/mol. The summed E-state index contributed by atoms with van der Waals surface area (Å²) in [5.74, 6) is 0.00144. The molecule has 1 aliphatic heterocycles. The number of aromatic amines is 1. The van der Waals surface area contributed by atoms with Gasteiger partial charge in [0.05, 0.1) is 17.3 Å². The molecule has 2 heterocycles. The third kappa shape index (κ3) is 2.46. The molecule has 1 aromatic heterocycles. The van der Waals surface area contributed by atoms with Crippen molar-refractivity contribution in [3.63, 3.8) is 0 Å². The largest absolute Gasteiger partial charge is 0.349 e. The Balaban J connectivity index is 1.75. The molecule has 100 valence electrons. The van der Waals surface area contributed by atoms with Crippen LogP contribution in [0.4, 0.5) is 0 Å². The molecule has 5 heteroatoms. The average Bonchev–Trinajstić information content (AvgIpc) is 2.89. The summed E-state index contributed by atoms with van der Waals surface area (Å²) in [5, 5.41) is 10.9. The van der Waals surface area contributed by atoms with Crippen LogP contribution in [0.15, 0.2) is 24.4 Å². The minimum atomic E-state index is 0.00144. The smallest absolute Gasteiger partial charge is 0.252 e. The number of piperidine rings is 1. The van der Waals surface area contributed by atoms with Gasteiger partial charge in [0.1, 0.15) is 0 Å². The van der Waals surface area contributed by atoms with E-state index in [0.29, 0.717) is 5.56 Å². The van der Waals surface area contributed by atoms with Gasteiger partial charge in [0.15, 0.2) is 0 Å². The minimum Gasteiger partial charge on any atom is -0.349 e. The normalized spacial score (nSPS) is 17.7. The lowest BCUT2D eigenvalue weighted by Crippen LogP contribution is -2.43. The second-order valence-electron chi connectivity index (χ2n) is 5.19. The zero-order chi connectivity index (χ0) is 13.2. The van der Waals surface area contributed by atoms with E-state index in [2.05, 4.69) is 27.5 Å². The van der Waals surface area contributed by atoms with Crippen molar-refractivity contribution in [1.29, 1.82) is 0 Å². The molecule has 0 radical (unpaired) electrons. The van der Waals surface area contributed by atoms with Gasteiger partial charge in [-0.05, 0) is 45.1 Å². The van der Waals surface area contributed by atoms with Crippen molar-refractivity contribution in [3.8, 4) is 0 Å². The first-order chi connectivity index (χ1) is 9.24. The first-order valence-corrected chi connectivity index (χ1v) is 6.65. The van der Waals surface area contributed by atoms with Crippen molar-refractivity contribution in [2.45, 2.75) is 18.9 Å². The van der Waals surface area contributed by atoms with Crippen molar-refractivity contribution in [2.24, 2.45) is 0 Å². The summed E-state index contributed by atoms with van der Waals surface area (Å²) in [7, 11) is 2.12. The summed E-state index contributed by atoms with van der Waals surface area (Å²) >= 11 is 0. The molecule has 3 rings (SSSR count). The molecule has 19 heavy (non-hydrogen) atoms. The van der Waals surface area contributed by atoms with Gasteiger partial charge in [-0.1, -0.05) is 6.07 Å². The molecule has 0 atom stereocenters. The molecule has 0 spiro atoms. The summed E-state index contributed by atoms with van der Waals surface area (Å²) < 4.78 is 0. The maximum Gasteiger partial charge on any atom is 0.252 e. The Kier molecular flexibility index (Phi) is 3.21. The fraction of sp³-hybridized carbons (Fsp3) is 0.429. The van der Waals surface area contributed by atoms with Crippen LogP contribution in [-0.2, 0) is 0 Å². The van der Waals surface area contributed by atoms with Gasteiger partial charge < -0.3 is 10.2 Å². The highest BCUT2D eigenvalue weighted by Gasteiger charge is 2.20. The topological polar surface area (TPSA) is 61.0 Å². The number of hydrogen-bond donors (Lipinski definition) is 2. The maximum atomic E-state index is 12.3. The first kappa shape index (κ1) is 12.2. The van der Waals surface area contributed by atoms with Gasteiger partial charge in [-0.3, -0.25) is 9.89 Å². The van der Waals surface area contributed by atoms with Crippen molar-refractivity contribution in [2.75, 3.05) is 20.1 Å². The van der Waals surface area contributed by atoms with Crippen LogP contribution in [0.25, 0.3) is 10.9 Å². The van der Waals surface area contributed by atoms with Gasteiger partial charge in [0, 0.05) is 11.4 Å². The van der Waals surface area contributed by atoms with Gasteiger partial charge in [0.2, 0.25) is 0 Å². The zero-order valence-electron chi connectivity index (χ0n) is 11.0. The fourth-order valence-corrected chi connectivity index (χ4v) is 2.58. The van der Waals surface area contributed by atoms with E-state index in [1.54, 1.807) is 6.20 Å². The van der Waals surface area contributed by atoms with Crippen LogP contribution >= 0.6 is 0 Å². The number of nitrogens with one attached hydrogen (secondary N) is 2. The van der Waals surface area contributed by atoms with Gasteiger partial charge in [-0.15, -0.1) is 0 Å². The standard InChI is InChI=1S/C14H18N4O/c1-18-7-5-10(6-8-18)16-14(19)11-3-2-4-13-12(11)9-15-17-13/h2-4,9-10H,5-8H2,1H3,(H,15,17)(H,16,19). The molecule has 1 fully saturated rings. The molecule has 1 amide bonds. The molecule has 5 nitrogen and oxygen atoms in total. The molecule has 0 saturated carbocycles. The number of benzene rings is 1. The van der Waals surface area contributed by atoms with Crippen LogP contribution in [-0.4, -0.2) is 47.2 Å². The molecule has 0 bridgehead atoms. The van der Waals surface area contributed by atoms with E-state index in [1.165, 1.54) is 0 Å². The van der Waals surface area contributed by atoms with E-state index in [0.717, 1.165) is 36.8 Å². The van der Waals surface area contributed by atoms with Crippen LogP contribution in [0, 0.1) is 0 Å². The Bertz CT molecular complexity index is 584. The van der Waals surface area contributed by atoms with Gasteiger partial charge in [-0.25, -0.2) is 0 Å². The third-order valence-corrected chi connectivity index (χ3v) is 3.78. The predicted octanol–water partition coefficient (Wildman–Crippen LogP) is 1.39. The second kappa shape index (κ2) is 5.01. The van der Waals surface area contributed by atoms with E-state index in [4.69, 9.17) is 0 Å². The van der Waals surface area contributed by atoms with Crippen LogP contribution in [0.2, 0.25) is 0 Å². The molecule has 2 aromatic rings. The maximum absolute atomic E-state index is 12.3. The number of amides is 1. The quantitative estimate of drug-likeness (QED) is 0.855. The highest BCUT2D eigenvalue weighted by atomic mass is 16.1. The number of H-pyrrole nitrogens is 1. The number of hydrogen-bond acceptors (Lipinski definition) is 3. The summed E-state index contributed by atoms with van der Waals surface area (Å²) in [6.45, 7) is 2.09. The van der Waals surface area contributed by atoms with Crippen LogP contribution in [0.3, 0.4) is 0 Å². The summed E-state index contributed by atoms with van der Waals surface area (Å²) in [6.07, 6.45) is 3.74. The van der Waals surface area contributed by atoms with Crippen molar-refractivity contribution < 1.29 is 4.79 Å². The lowest BCUT2D eigenvalue weighted by molar-refractivity contribution is 0.0918. The molecule has 1 aliphatic rings. The van der Waals surface area contributed by atoms with Gasteiger partial charge in [-0.2, -0.15) is 5.10 Å². The SMILES string of the molecule is CN1CCC(NC(=O)c2cccc3[nH]ncc23)CC1. The number of nitrogens with zero attached hydrogens (tertiary/aromatic N) is 2. The first-order valence-electron chi connectivity index (χ1n) is 6.65. The average molecular weight is 258 g/mol.